The molecule has 1 saturated carbocycles. The van der Waals surface area contributed by atoms with Crippen LogP contribution in [0.15, 0.2) is 18.2 Å². The lowest BCUT2D eigenvalue weighted by atomic mass is 9.92. The first-order chi connectivity index (χ1) is 11.0. The molecule has 23 heavy (non-hydrogen) atoms. The maximum atomic E-state index is 4.90. The van der Waals surface area contributed by atoms with Crippen LogP contribution in [0.2, 0.25) is 0 Å². The van der Waals surface area contributed by atoms with Crippen LogP contribution >= 0.6 is 0 Å². The number of imidazole rings is 1. The van der Waals surface area contributed by atoms with Gasteiger partial charge in [0.1, 0.15) is 0 Å². The lowest BCUT2D eigenvalue weighted by Gasteiger charge is -2.29. The minimum atomic E-state index is 0.557. The molecule has 0 radical (unpaired) electrons. The van der Waals surface area contributed by atoms with Crippen LogP contribution in [0.25, 0.3) is 11.0 Å². The minimum absolute atomic E-state index is 0.557. The summed E-state index contributed by atoms with van der Waals surface area (Å²) < 4.78 is 2.47. The molecule has 1 heterocycles. The third kappa shape index (κ3) is 3.24. The molecule has 1 fully saturated rings. The zero-order valence-electron chi connectivity index (χ0n) is 15.3. The highest BCUT2D eigenvalue weighted by Gasteiger charge is 2.25. The van der Waals surface area contributed by atoms with Gasteiger partial charge in [0.25, 0.3) is 0 Å². The second-order valence-electron chi connectivity index (χ2n) is 7.90. The van der Waals surface area contributed by atoms with Crippen molar-refractivity contribution < 1.29 is 0 Å². The van der Waals surface area contributed by atoms with Gasteiger partial charge < -0.3 is 9.88 Å². The molecule has 3 nitrogen and oxygen atoms in total. The average molecular weight is 313 g/mol. The Balaban J connectivity index is 1.95. The lowest BCUT2D eigenvalue weighted by molar-refractivity contribution is 0.322. The van der Waals surface area contributed by atoms with Gasteiger partial charge in [-0.2, -0.15) is 0 Å². The molecule has 1 aromatic heterocycles. The van der Waals surface area contributed by atoms with E-state index >= 15 is 0 Å². The van der Waals surface area contributed by atoms with Gasteiger partial charge in [-0.25, -0.2) is 4.98 Å². The molecular weight excluding hydrogens is 282 g/mol. The van der Waals surface area contributed by atoms with Crippen LogP contribution in [0.4, 0.5) is 5.95 Å². The first-order valence-electron chi connectivity index (χ1n) is 9.23. The van der Waals surface area contributed by atoms with E-state index in [4.69, 9.17) is 4.98 Å². The van der Waals surface area contributed by atoms with Crippen molar-refractivity contribution in [1.29, 1.82) is 0 Å². The predicted molar refractivity (Wildman–Crippen MR) is 99.2 cm³/mol. The van der Waals surface area contributed by atoms with Gasteiger partial charge in [0.05, 0.1) is 11.0 Å². The van der Waals surface area contributed by atoms with Crippen LogP contribution in [0.5, 0.6) is 0 Å². The molecule has 1 aliphatic rings. The van der Waals surface area contributed by atoms with E-state index in [1.807, 2.05) is 0 Å². The van der Waals surface area contributed by atoms with Gasteiger partial charge in [-0.3, -0.25) is 0 Å². The first-order valence-corrected chi connectivity index (χ1v) is 9.23. The summed E-state index contributed by atoms with van der Waals surface area (Å²) in [5.41, 5.74) is 3.83. The van der Waals surface area contributed by atoms with E-state index in [1.54, 1.807) is 0 Å². The van der Waals surface area contributed by atoms with Crippen LogP contribution in [0.1, 0.15) is 71.4 Å². The number of benzene rings is 1. The van der Waals surface area contributed by atoms with Gasteiger partial charge >= 0.3 is 0 Å². The number of fused-ring (bicyclic) bond motifs is 1. The predicted octanol–water partition coefficient (Wildman–Crippen LogP) is 5.59. The second kappa shape index (κ2) is 6.54. The van der Waals surface area contributed by atoms with Gasteiger partial charge in [0, 0.05) is 12.6 Å². The van der Waals surface area contributed by atoms with Crippen LogP contribution in [0.3, 0.4) is 0 Å². The molecular formula is C20H31N3. The van der Waals surface area contributed by atoms with E-state index in [0.717, 1.165) is 18.0 Å². The van der Waals surface area contributed by atoms with Gasteiger partial charge in [-0.15, -0.1) is 0 Å². The Labute approximate surface area is 140 Å². The van der Waals surface area contributed by atoms with Crippen molar-refractivity contribution in [2.75, 3.05) is 11.9 Å². The zero-order chi connectivity index (χ0) is 16.6. The number of hydrogen-bond acceptors (Lipinski definition) is 2. The van der Waals surface area contributed by atoms with Crippen molar-refractivity contribution in [1.82, 2.24) is 9.55 Å². The van der Waals surface area contributed by atoms with Crippen LogP contribution in [-0.4, -0.2) is 16.1 Å². The van der Waals surface area contributed by atoms with Crippen molar-refractivity contribution in [3.05, 3.63) is 23.8 Å². The zero-order valence-corrected chi connectivity index (χ0v) is 15.3. The summed E-state index contributed by atoms with van der Waals surface area (Å²) in [5, 5.41) is 3.63. The third-order valence-electron chi connectivity index (χ3n) is 5.54. The summed E-state index contributed by atoms with van der Waals surface area (Å²) in [4.78, 5) is 4.90. The van der Waals surface area contributed by atoms with Gasteiger partial charge in [0.15, 0.2) is 0 Å². The maximum Gasteiger partial charge on any atom is 0.204 e. The van der Waals surface area contributed by atoms with Crippen molar-refractivity contribution in [3.63, 3.8) is 0 Å². The van der Waals surface area contributed by atoms with Crippen LogP contribution in [0, 0.1) is 11.8 Å². The molecule has 1 aliphatic carbocycles. The highest BCUT2D eigenvalue weighted by atomic mass is 15.2. The fourth-order valence-corrected chi connectivity index (χ4v) is 3.10. The average Bonchev–Trinajstić information content (AvgIpc) is 2.80. The van der Waals surface area contributed by atoms with Crippen molar-refractivity contribution in [2.24, 2.45) is 11.8 Å². The Kier molecular flexibility index (Phi) is 4.65. The Hall–Kier alpha value is -1.51. The number of nitrogens with zero attached hydrogens (tertiary/aromatic N) is 2. The summed E-state index contributed by atoms with van der Waals surface area (Å²) in [7, 11) is 0. The first kappa shape index (κ1) is 16.4. The number of rotatable bonds is 6. The fraction of sp³-hybridized carbons (Fsp3) is 0.650. The van der Waals surface area contributed by atoms with Crippen molar-refractivity contribution >= 4 is 17.0 Å². The number of nitrogens with one attached hydrogen (secondary N) is 1. The molecule has 0 saturated heterocycles. The highest BCUT2D eigenvalue weighted by molar-refractivity contribution is 5.80. The Morgan fingerprint density at radius 3 is 2.48 bits per heavy atom. The minimum Gasteiger partial charge on any atom is -0.355 e. The normalized spacial score (nSPS) is 17.0. The molecule has 1 atom stereocenters. The maximum absolute atomic E-state index is 4.90. The molecule has 0 aliphatic heterocycles. The summed E-state index contributed by atoms with van der Waals surface area (Å²) in [6.07, 6.45) is 3.91. The van der Waals surface area contributed by atoms with E-state index in [9.17, 15) is 0 Å². The van der Waals surface area contributed by atoms with Gasteiger partial charge in [0.2, 0.25) is 5.95 Å². The molecule has 1 N–H and O–H groups in total. The van der Waals surface area contributed by atoms with E-state index < -0.39 is 0 Å². The Morgan fingerprint density at radius 2 is 1.91 bits per heavy atom. The molecule has 126 valence electrons. The van der Waals surface area contributed by atoms with Crippen molar-refractivity contribution in [2.45, 2.75) is 65.8 Å². The largest absolute Gasteiger partial charge is 0.355 e. The fourth-order valence-electron chi connectivity index (χ4n) is 3.10. The van der Waals surface area contributed by atoms with Gasteiger partial charge in [-0.1, -0.05) is 40.7 Å². The highest BCUT2D eigenvalue weighted by Crippen LogP contribution is 2.38. The molecule has 3 heteroatoms. The van der Waals surface area contributed by atoms with Crippen molar-refractivity contribution in [3.8, 4) is 0 Å². The molecule has 0 unspecified atom stereocenters. The number of aromatic nitrogens is 2. The molecule has 0 spiro atoms. The SMILES string of the molecule is CC(C)c1ccc2nc(NC[C@@H](C)C(C)C)n(C3CCC3)c2c1. The van der Waals surface area contributed by atoms with Gasteiger partial charge in [-0.05, 0) is 54.7 Å². The van der Waals surface area contributed by atoms with Crippen LogP contribution < -0.4 is 5.32 Å². The third-order valence-corrected chi connectivity index (χ3v) is 5.54. The van der Waals surface area contributed by atoms with Crippen LogP contribution in [-0.2, 0) is 0 Å². The molecule has 0 amide bonds. The molecule has 0 bridgehead atoms. The molecule has 1 aromatic carbocycles. The molecule has 2 aromatic rings. The van der Waals surface area contributed by atoms with E-state index in [0.29, 0.717) is 23.8 Å². The topological polar surface area (TPSA) is 29.9 Å². The quantitative estimate of drug-likeness (QED) is 0.753. The summed E-state index contributed by atoms with van der Waals surface area (Å²) in [6.45, 7) is 12.4. The Morgan fingerprint density at radius 1 is 1.17 bits per heavy atom. The Bertz CT molecular complexity index is 665. The number of hydrogen-bond donors (Lipinski definition) is 1. The number of anilines is 1. The standard InChI is InChI=1S/C20H31N3/c1-13(2)15(5)12-21-20-22-18-10-9-16(14(3)4)11-19(18)23(20)17-7-6-8-17/h9-11,13-15,17H,6-8,12H2,1-5H3,(H,21,22)/t15-/m1/s1. The second-order valence-corrected chi connectivity index (χ2v) is 7.90. The summed E-state index contributed by atoms with van der Waals surface area (Å²) in [6, 6.07) is 7.39. The van der Waals surface area contributed by atoms with E-state index in [-0.39, 0.29) is 0 Å². The summed E-state index contributed by atoms with van der Waals surface area (Å²) >= 11 is 0. The van der Waals surface area contributed by atoms with E-state index in [1.165, 1.54) is 30.3 Å². The van der Waals surface area contributed by atoms with E-state index in [2.05, 4.69) is 62.7 Å². The lowest BCUT2D eigenvalue weighted by Crippen LogP contribution is -2.22. The smallest absolute Gasteiger partial charge is 0.204 e. The summed E-state index contributed by atoms with van der Waals surface area (Å²) in [5.74, 6) is 2.96. The monoisotopic (exact) mass is 313 g/mol. The molecule has 3 rings (SSSR count).